The maximum Gasteiger partial charge on any atom is 0.315 e. The Morgan fingerprint density at radius 2 is 2.00 bits per heavy atom. The molecule has 0 amide bonds. The summed E-state index contributed by atoms with van der Waals surface area (Å²) in [4.78, 5) is 30.3. The molecule has 0 saturated heterocycles. The molecule has 1 aromatic heterocycles. The smallest absolute Gasteiger partial charge is 0.315 e. The van der Waals surface area contributed by atoms with Crippen LogP contribution in [0, 0.1) is 11.7 Å². The summed E-state index contributed by atoms with van der Waals surface area (Å²) in [6.07, 6.45) is 2.32. The SMILES string of the molecule is COC(=O)C1C(C)=NC2=C(C(=O)C[C@H](c3ccco3)C2)[C@@H]1c1ccccc1F. The highest BCUT2D eigenvalue weighted by atomic mass is 19.1. The lowest BCUT2D eigenvalue weighted by Gasteiger charge is -2.36. The number of nitrogens with zero attached hydrogens (tertiary/aromatic N) is 1. The summed E-state index contributed by atoms with van der Waals surface area (Å²) < 4.78 is 25.1. The first-order valence-corrected chi connectivity index (χ1v) is 9.18. The number of hydrogen-bond acceptors (Lipinski definition) is 5. The maximum atomic E-state index is 14.7. The zero-order chi connectivity index (χ0) is 19.8. The van der Waals surface area contributed by atoms with Gasteiger partial charge < -0.3 is 9.15 Å². The lowest BCUT2D eigenvalue weighted by Crippen LogP contribution is -2.38. The number of Topliss-reactive ketones (excluding diaryl/α,β-unsaturated/α-hetero) is 1. The zero-order valence-corrected chi connectivity index (χ0v) is 15.6. The summed E-state index contributed by atoms with van der Waals surface area (Å²) >= 11 is 0. The number of methoxy groups -OCH3 is 1. The van der Waals surface area contributed by atoms with Crippen molar-refractivity contribution < 1.29 is 23.1 Å². The Hall–Kier alpha value is -3.02. The molecule has 1 aliphatic heterocycles. The van der Waals surface area contributed by atoms with Gasteiger partial charge in [0, 0.05) is 41.7 Å². The van der Waals surface area contributed by atoms with Crippen LogP contribution in [0.1, 0.15) is 42.9 Å². The number of allylic oxidation sites excluding steroid dienone is 2. The Morgan fingerprint density at radius 1 is 1.21 bits per heavy atom. The van der Waals surface area contributed by atoms with Crippen molar-refractivity contribution in [3.05, 3.63) is 71.1 Å². The van der Waals surface area contributed by atoms with Crippen LogP contribution in [0.15, 0.2) is 63.3 Å². The molecule has 1 unspecified atom stereocenters. The molecule has 6 heteroatoms. The summed E-state index contributed by atoms with van der Waals surface area (Å²) in [5, 5.41) is 0. The molecule has 0 spiro atoms. The van der Waals surface area contributed by atoms with E-state index in [1.54, 1.807) is 37.5 Å². The molecular weight excluding hydrogens is 361 g/mol. The molecule has 2 aromatic rings. The molecule has 0 N–H and O–H groups in total. The highest BCUT2D eigenvalue weighted by molar-refractivity contribution is 6.09. The molecule has 0 fully saturated rings. The van der Waals surface area contributed by atoms with Gasteiger partial charge in [-0.05, 0) is 30.7 Å². The number of furan rings is 1. The zero-order valence-electron chi connectivity index (χ0n) is 15.6. The number of aliphatic imine (C=N–C) groups is 1. The van der Waals surface area contributed by atoms with E-state index in [4.69, 9.17) is 9.15 Å². The molecule has 4 rings (SSSR count). The average molecular weight is 381 g/mol. The molecule has 1 aromatic carbocycles. The molecule has 2 aliphatic rings. The summed E-state index contributed by atoms with van der Waals surface area (Å²) in [6.45, 7) is 1.72. The van der Waals surface area contributed by atoms with Crippen LogP contribution >= 0.6 is 0 Å². The van der Waals surface area contributed by atoms with E-state index in [0.717, 1.165) is 5.76 Å². The first kappa shape index (κ1) is 18.3. The molecule has 2 heterocycles. The number of carbonyl (C=O) groups excluding carboxylic acids is 2. The van der Waals surface area contributed by atoms with Crippen molar-refractivity contribution in [1.29, 1.82) is 0 Å². The van der Waals surface area contributed by atoms with Crippen molar-refractivity contribution in [3.8, 4) is 0 Å². The molecule has 144 valence electrons. The standard InChI is InChI=1S/C22H20FNO4/c1-12-19(22(26)27-2)20(14-6-3-4-7-15(14)23)21-16(24-12)10-13(11-17(21)25)18-8-5-9-28-18/h3-9,13,19-20H,10-11H2,1-2H3/t13-,19?,20-/m1/s1. The Kier molecular flexibility index (Phi) is 4.71. The number of benzene rings is 1. The van der Waals surface area contributed by atoms with Crippen LogP contribution in [0.25, 0.3) is 0 Å². The molecule has 0 saturated carbocycles. The first-order chi connectivity index (χ1) is 13.5. The van der Waals surface area contributed by atoms with E-state index < -0.39 is 23.6 Å². The lowest BCUT2D eigenvalue weighted by molar-refractivity contribution is -0.143. The first-order valence-electron chi connectivity index (χ1n) is 9.18. The lowest BCUT2D eigenvalue weighted by atomic mass is 9.69. The molecule has 1 aliphatic carbocycles. The monoisotopic (exact) mass is 381 g/mol. The van der Waals surface area contributed by atoms with E-state index in [1.165, 1.54) is 13.2 Å². The summed E-state index contributed by atoms with van der Waals surface area (Å²) in [6, 6.07) is 9.87. The van der Waals surface area contributed by atoms with Crippen LogP contribution in [-0.2, 0) is 14.3 Å². The normalized spacial score (nSPS) is 24.6. The van der Waals surface area contributed by atoms with Gasteiger partial charge in [-0.2, -0.15) is 0 Å². The van der Waals surface area contributed by atoms with Gasteiger partial charge in [-0.3, -0.25) is 14.6 Å². The number of halogens is 1. The number of ketones is 1. The van der Waals surface area contributed by atoms with E-state index in [-0.39, 0.29) is 18.1 Å². The van der Waals surface area contributed by atoms with Crippen LogP contribution < -0.4 is 0 Å². The van der Waals surface area contributed by atoms with Gasteiger partial charge in [0.15, 0.2) is 5.78 Å². The van der Waals surface area contributed by atoms with Gasteiger partial charge in [-0.15, -0.1) is 0 Å². The van der Waals surface area contributed by atoms with Gasteiger partial charge >= 0.3 is 5.97 Å². The average Bonchev–Trinajstić information content (AvgIpc) is 3.21. The van der Waals surface area contributed by atoms with Crippen molar-refractivity contribution in [1.82, 2.24) is 0 Å². The maximum absolute atomic E-state index is 14.7. The number of rotatable bonds is 3. The minimum absolute atomic E-state index is 0.117. The Labute approximate surface area is 161 Å². The molecular formula is C22H20FNO4. The Morgan fingerprint density at radius 3 is 2.68 bits per heavy atom. The van der Waals surface area contributed by atoms with E-state index in [9.17, 15) is 14.0 Å². The predicted octanol–water partition coefficient (Wildman–Crippen LogP) is 4.17. The minimum atomic E-state index is -0.829. The largest absolute Gasteiger partial charge is 0.469 e. The summed E-state index contributed by atoms with van der Waals surface area (Å²) in [5.41, 5.74) is 1.84. The molecule has 28 heavy (non-hydrogen) atoms. The van der Waals surface area contributed by atoms with Gasteiger partial charge in [0.1, 0.15) is 17.5 Å². The fourth-order valence-electron chi connectivity index (χ4n) is 4.28. The van der Waals surface area contributed by atoms with Crippen molar-refractivity contribution >= 4 is 17.5 Å². The van der Waals surface area contributed by atoms with Gasteiger partial charge in [0.05, 0.1) is 13.4 Å². The fourth-order valence-corrected chi connectivity index (χ4v) is 4.28. The van der Waals surface area contributed by atoms with Crippen molar-refractivity contribution in [2.75, 3.05) is 7.11 Å². The van der Waals surface area contributed by atoms with Gasteiger partial charge in [0.25, 0.3) is 0 Å². The van der Waals surface area contributed by atoms with Crippen molar-refractivity contribution in [3.63, 3.8) is 0 Å². The second-order valence-electron chi connectivity index (χ2n) is 7.16. The third-order valence-electron chi connectivity index (χ3n) is 5.53. The number of hydrogen-bond donors (Lipinski definition) is 0. The van der Waals surface area contributed by atoms with E-state index >= 15 is 0 Å². The third kappa shape index (κ3) is 2.99. The second kappa shape index (κ2) is 7.19. The quantitative estimate of drug-likeness (QED) is 0.749. The minimum Gasteiger partial charge on any atom is -0.469 e. The second-order valence-corrected chi connectivity index (χ2v) is 7.16. The van der Waals surface area contributed by atoms with Crippen LogP contribution in [0.2, 0.25) is 0 Å². The van der Waals surface area contributed by atoms with E-state index in [0.29, 0.717) is 29.0 Å². The van der Waals surface area contributed by atoms with Crippen LogP contribution in [0.5, 0.6) is 0 Å². The number of carbonyl (C=O) groups is 2. The fraction of sp³-hybridized carbons (Fsp3) is 0.318. The van der Waals surface area contributed by atoms with Crippen LogP contribution in [0.4, 0.5) is 4.39 Å². The van der Waals surface area contributed by atoms with Crippen LogP contribution in [-0.4, -0.2) is 24.6 Å². The van der Waals surface area contributed by atoms with E-state index in [1.807, 2.05) is 6.07 Å². The van der Waals surface area contributed by atoms with Gasteiger partial charge in [-0.25, -0.2) is 4.39 Å². The Bertz CT molecular complexity index is 990. The highest BCUT2D eigenvalue weighted by Crippen LogP contribution is 2.47. The molecule has 5 nitrogen and oxygen atoms in total. The molecule has 3 atom stereocenters. The van der Waals surface area contributed by atoms with Crippen molar-refractivity contribution in [2.24, 2.45) is 10.9 Å². The molecule has 0 bridgehead atoms. The van der Waals surface area contributed by atoms with Crippen molar-refractivity contribution in [2.45, 2.75) is 31.6 Å². The summed E-state index contributed by atoms with van der Waals surface area (Å²) in [7, 11) is 1.29. The Balaban J connectivity index is 1.85. The van der Waals surface area contributed by atoms with Crippen LogP contribution in [0.3, 0.4) is 0 Å². The number of ether oxygens (including phenoxy) is 1. The third-order valence-corrected chi connectivity index (χ3v) is 5.53. The van der Waals surface area contributed by atoms with E-state index in [2.05, 4.69) is 4.99 Å². The summed E-state index contributed by atoms with van der Waals surface area (Å²) in [5.74, 6) is -2.08. The predicted molar refractivity (Wildman–Crippen MR) is 100 cm³/mol. The number of esters is 1. The van der Waals surface area contributed by atoms with Gasteiger partial charge in [0.2, 0.25) is 0 Å². The molecule has 0 radical (unpaired) electrons. The highest BCUT2D eigenvalue weighted by Gasteiger charge is 2.45. The topological polar surface area (TPSA) is 68.9 Å². The van der Waals surface area contributed by atoms with Gasteiger partial charge in [-0.1, -0.05) is 18.2 Å².